The molecule has 4 rings (SSSR count). The normalized spacial score (nSPS) is 50.6. The smallest absolute Gasteiger partial charge is 0.217 e. The van der Waals surface area contributed by atoms with E-state index in [1.807, 2.05) is 0 Å². The van der Waals surface area contributed by atoms with Crippen molar-refractivity contribution in [2.75, 3.05) is 0 Å². The average Bonchev–Trinajstić information content (AvgIpc) is 2.91. The fourth-order valence-electron chi connectivity index (χ4n) is 8.44. The van der Waals surface area contributed by atoms with Crippen LogP contribution in [0.5, 0.6) is 0 Å². The van der Waals surface area contributed by atoms with E-state index in [2.05, 4.69) is 13.8 Å². The van der Waals surface area contributed by atoms with Crippen LogP contribution in [0.2, 0.25) is 0 Å². The summed E-state index contributed by atoms with van der Waals surface area (Å²) in [7, 11) is 0. The fourth-order valence-corrected chi connectivity index (χ4v) is 8.44. The van der Waals surface area contributed by atoms with Gasteiger partial charge in [-0.2, -0.15) is 0 Å². The minimum atomic E-state index is -0.548. The highest BCUT2D eigenvalue weighted by Gasteiger charge is 2.60. The lowest BCUT2D eigenvalue weighted by Gasteiger charge is -2.61. The van der Waals surface area contributed by atoms with Crippen molar-refractivity contribution in [1.29, 1.82) is 0 Å². The Morgan fingerprint density at radius 3 is 2.46 bits per heavy atom. The fraction of sp³-hybridized carbons (Fsp3) is 0.957. The van der Waals surface area contributed by atoms with Crippen molar-refractivity contribution in [1.82, 2.24) is 0 Å². The molecule has 0 aromatic rings. The molecule has 1 amide bonds. The summed E-state index contributed by atoms with van der Waals surface area (Å²) in [6.07, 6.45) is 13.0. The molecule has 0 saturated heterocycles. The monoisotopic (exact) mass is 363 g/mol. The Morgan fingerprint density at radius 2 is 1.69 bits per heavy atom. The molecule has 7 unspecified atom stereocenters. The van der Waals surface area contributed by atoms with Gasteiger partial charge >= 0.3 is 0 Å². The third-order valence-electron chi connectivity index (χ3n) is 9.75. The predicted octanol–water partition coefficient (Wildman–Crippen LogP) is 5.64. The van der Waals surface area contributed by atoms with Crippen LogP contribution in [0.25, 0.3) is 0 Å². The van der Waals surface area contributed by atoms with Crippen LogP contribution < -0.4 is 5.73 Å². The number of fused-ring (bicyclic) bond motifs is 5. The maximum absolute atomic E-state index is 14.7. The molecule has 0 aromatic heterocycles. The maximum atomic E-state index is 14.7. The van der Waals surface area contributed by atoms with E-state index >= 15 is 0 Å². The summed E-state index contributed by atoms with van der Waals surface area (Å²) in [5, 5.41) is 0. The topological polar surface area (TPSA) is 43.1 Å². The lowest BCUT2D eigenvalue weighted by atomic mass is 9.44. The molecule has 0 heterocycles. The van der Waals surface area contributed by atoms with Gasteiger partial charge in [0.05, 0.1) is 0 Å². The van der Waals surface area contributed by atoms with Gasteiger partial charge in [0, 0.05) is 6.42 Å². The van der Waals surface area contributed by atoms with Crippen molar-refractivity contribution in [3.63, 3.8) is 0 Å². The summed E-state index contributed by atoms with van der Waals surface area (Å²) < 4.78 is 14.7. The molecule has 0 radical (unpaired) electrons. The van der Waals surface area contributed by atoms with Crippen molar-refractivity contribution in [2.45, 2.75) is 97.1 Å². The summed E-state index contributed by atoms with van der Waals surface area (Å²) in [5.41, 5.74) is 6.05. The van der Waals surface area contributed by atoms with E-state index < -0.39 is 6.17 Å². The summed E-state index contributed by atoms with van der Waals surface area (Å²) in [6, 6.07) is 0. The first-order valence-corrected chi connectivity index (χ1v) is 11.3. The number of carbonyl (C=O) groups is 1. The second-order valence-corrected chi connectivity index (χ2v) is 10.7. The van der Waals surface area contributed by atoms with Gasteiger partial charge in [0.2, 0.25) is 5.91 Å². The third kappa shape index (κ3) is 2.83. The molecular weight excluding hydrogens is 325 g/mol. The molecule has 0 spiro atoms. The Balaban J connectivity index is 1.50. The summed E-state index contributed by atoms with van der Waals surface area (Å²) in [6.45, 7) is 4.99. The second-order valence-electron chi connectivity index (χ2n) is 10.7. The number of hydrogen-bond donors (Lipinski definition) is 1. The Morgan fingerprint density at radius 1 is 0.962 bits per heavy atom. The highest BCUT2D eigenvalue weighted by atomic mass is 19.1. The first kappa shape index (κ1) is 18.7. The number of nitrogens with two attached hydrogens (primary N) is 1. The summed E-state index contributed by atoms with van der Waals surface area (Å²) >= 11 is 0. The first-order chi connectivity index (χ1) is 12.4. The zero-order valence-corrected chi connectivity index (χ0v) is 16.8. The highest BCUT2D eigenvalue weighted by molar-refractivity contribution is 5.73. The van der Waals surface area contributed by atoms with Gasteiger partial charge < -0.3 is 5.73 Å². The lowest BCUT2D eigenvalue weighted by molar-refractivity contribution is -0.130. The number of halogens is 1. The van der Waals surface area contributed by atoms with E-state index in [1.54, 1.807) is 0 Å². The Labute approximate surface area is 158 Å². The van der Waals surface area contributed by atoms with Crippen LogP contribution in [0.4, 0.5) is 4.39 Å². The van der Waals surface area contributed by atoms with Crippen LogP contribution in [-0.2, 0) is 4.79 Å². The van der Waals surface area contributed by atoms with Crippen molar-refractivity contribution in [2.24, 2.45) is 46.2 Å². The van der Waals surface area contributed by atoms with Crippen LogP contribution in [-0.4, -0.2) is 12.1 Å². The maximum Gasteiger partial charge on any atom is 0.217 e. The van der Waals surface area contributed by atoms with Gasteiger partial charge in [-0.15, -0.1) is 0 Å². The van der Waals surface area contributed by atoms with Crippen LogP contribution >= 0.6 is 0 Å². The lowest BCUT2D eigenvalue weighted by Crippen LogP contribution is -2.54. The number of carbonyl (C=O) groups excluding carboxylic acids is 1. The molecule has 0 bridgehead atoms. The van der Waals surface area contributed by atoms with E-state index in [4.69, 9.17) is 5.73 Å². The van der Waals surface area contributed by atoms with Gasteiger partial charge in [-0.25, -0.2) is 4.39 Å². The van der Waals surface area contributed by atoms with Crippen LogP contribution in [0.1, 0.15) is 90.9 Å². The molecule has 4 fully saturated rings. The van der Waals surface area contributed by atoms with E-state index in [9.17, 15) is 9.18 Å². The molecule has 0 aliphatic heterocycles. The second kappa shape index (κ2) is 6.78. The largest absolute Gasteiger partial charge is 0.370 e. The minimum absolute atomic E-state index is 0.155. The van der Waals surface area contributed by atoms with Crippen LogP contribution in [0.3, 0.4) is 0 Å². The number of hydrogen-bond acceptors (Lipinski definition) is 1. The molecule has 4 saturated carbocycles. The molecule has 26 heavy (non-hydrogen) atoms. The van der Waals surface area contributed by atoms with Crippen molar-refractivity contribution in [3.05, 3.63) is 0 Å². The Hall–Kier alpha value is -0.600. The van der Waals surface area contributed by atoms with E-state index in [0.717, 1.165) is 49.4 Å². The molecule has 148 valence electrons. The van der Waals surface area contributed by atoms with E-state index in [0.29, 0.717) is 17.8 Å². The van der Waals surface area contributed by atoms with Gasteiger partial charge in [0.25, 0.3) is 0 Å². The predicted molar refractivity (Wildman–Crippen MR) is 103 cm³/mol. The molecule has 3 heteroatoms. The standard InChI is InChI=1S/C23H38FNO/c1-22-14-12-18-16(9-11-19-20(24)6-4-13-23(18,19)2)17(22)10-8-15(22)5-3-7-21(25)26/h15-20H,3-14H2,1-2H3,(H2,25,26)/t15?,16?,17?,18?,19?,20-,22?,23?/m0/s1. The zero-order chi connectivity index (χ0) is 18.5. The first-order valence-electron chi connectivity index (χ1n) is 11.3. The van der Waals surface area contributed by atoms with Gasteiger partial charge in [-0.1, -0.05) is 13.8 Å². The van der Waals surface area contributed by atoms with Crippen LogP contribution in [0, 0.1) is 40.4 Å². The van der Waals surface area contributed by atoms with Gasteiger partial charge in [-0.3, -0.25) is 4.79 Å². The molecule has 0 aromatic carbocycles. The quantitative estimate of drug-likeness (QED) is 0.690. The number of primary amides is 1. The molecular formula is C23H38FNO. The van der Waals surface area contributed by atoms with E-state index in [-0.39, 0.29) is 11.3 Å². The summed E-state index contributed by atoms with van der Waals surface area (Å²) in [4.78, 5) is 11.1. The number of alkyl halides is 1. The van der Waals surface area contributed by atoms with Gasteiger partial charge in [0.15, 0.2) is 0 Å². The number of amides is 1. The molecule has 8 atom stereocenters. The van der Waals surface area contributed by atoms with Crippen molar-refractivity contribution < 1.29 is 9.18 Å². The Bertz CT molecular complexity index is 550. The van der Waals surface area contributed by atoms with Crippen LogP contribution in [0.15, 0.2) is 0 Å². The summed E-state index contributed by atoms with van der Waals surface area (Å²) in [5.74, 6) is 3.34. The average molecular weight is 364 g/mol. The highest BCUT2D eigenvalue weighted by Crippen LogP contribution is 2.68. The van der Waals surface area contributed by atoms with E-state index in [1.165, 1.54) is 44.9 Å². The SMILES string of the molecule is CC12CCC3C(CCC4[C@@H](F)CCCC34C)C1CCC2CCCC(N)=O. The third-order valence-corrected chi connectivity index (χ3v) is 9.75. The van der Waals surface area contributed by atoms with Crippen molar-refractivity contribution in [3.8, 4) is 0 Å². The molecule has 4 aliphatic rings. The molecule has 2 nitrogen and oxygen atoms in total. The Kier molecular flexibility index (Phi) is 4.89. The molecule has 2 N–H and O–H groups in total. The number of rotatable bonds is 4. The molecule has 4 aliphatic carbocycles. The van der Waals surface area contributed by atoms with Gasteiger partial charge in [0.1, 0.15) is 6.17 Å². The van der Waals surface area contributed by atoms with Crippen molar-refractivity contribution >= 4 is 5.91 Å². The minimum Gasteiger partial charge on any atom is -0.370 e. The van der Waals surface area contributed by atoms with Gasteiger partial charge in [-0.05, 0) is 111 Å². The zero-order valence-electron chi connectivity index (χ0n) is 16.8.